The van der Waals surface area contributed by atoms with Gasteiger partial charge >= 0.3 is 5.97 Å². The Hall–Kier alpha value is -2.97. The number of fused-ring (bicyclic) bond motifs is 1. The van der Waals surface area contributed by atoms with Crippen molar-refractivity contribution >= 4 is 38.6 Å². The van der Waals surface area contributed by atoms with E-state index in [4.69, 9.17) is 4.98 Å². The van der Waals surface area contributed by atoms with Crippen molar-refractivity contribution in [2.75, 3.05) is 51.3 Å². The van der Waals surface area contributed by atoms with E-state index in [1.165, 1.54) is 22.9 Å². The van der Waals surface area contributed by atoms with E-state index in [-0.39, 0.29) is 5.91 Å². The van der Waals surface area contributed by atoms with E-state index in [1.54, 1.807) is 35.6 Å². The zero-order valence-corrected chi connectivity index (χ0v) is 19.5. The molecular formula is C24H28N4O3S. The van der Waals surface area contributed by atoms with Gasteiger partial charge < -0.3 is 15.0 Å². The minimum Gasteiger partial charge on any atom is -0.465 e. The van der Waals surface area contributed by atoms with Crippen LogP contribution in [0.4, 0.5) is 5.13 Å². The Morgan fingerprint density at radius 1 is 1.06 bits per heavy atom. The number of nitrogens with zero attached hydrogens (tertiary/aromatic N) is 3. The molecule has 1 aromatic heterocycles. The Balaban J connectivity index is 1.24. The molecule has 0 unspecified atom stereocenters. The minimum absolute atomic E-state index is 0.139. The number of nitrogens with one attached hydrogen (secondary N) is 1. The molecule has 1 aliphatic rings. The number of hydrogen-bond donors (Lipinski definition) is 1. The van der Waals surface area contributed by atoms with Crippen LogP contribution in [-0.4, -0.2) is 68.1 Å². The van der Waals surface area contributed by atoms with Gasteiger partial charge in [0, 0.05) is 44.8 Å². The number of aromatic nitrogens is 1. The van der Waals surface area contributed by atoms with E-state index in [9.17, 15) is 9.59 Å². The lowest BCUT2D eigenvalue weighted by molar-refractivity contribution is 0.0600. The number of ether oxygens (including phenoxy) is 1. The Labute approximate surface area is 192 Å². The zero-order valence-electron chi connectivity index (χ0n) is 18.7. The number of carbonyl (C=O) groups is 2. The Morgan fingerprint density at radius 3 is 2.44 bits per heavy atom. The Kier molecular flexibility index (Phi) is 6.72. The number of rotatable bonds is 6. The van der Waals surface area contributed by atoms with E-state index < -0.39 is 5.97 Å². The Bertz CT molecular complexity index is 1120. The number of anilines is 1. The molecule has 0 spiro atoms. The highest BCUT2D eigenvalue weighted by Crippen LogP contribution is 2.32. The van der Waals surface area contributed by atoms with Gasteiger partial charge in [0.15, 0.2) is 5.13 Å². The summed E-state index contributed by atoms with van der Waals surface area (Å²) in [5.74, 6) is -0.549. The average molecular weight is 453 g/mol. The van der Waals surface area contributed by atoms with Gasteiger partial charge in [0.25, 0.3) is 5.91 Å². The smallest absolute Gasteiger partial charge is 0.337 e. The fourth-order valence-electron chi connectivity index (χ4n) is 3.96. The second kappa shape index (κ2) is 9.67. The van der Waals surface area contributed by atoms with Crippen LogP contribution in [0.5, 0.6) is 0 Å². The van der Waals surface area contributed by atoms with Gasteiger partial charge in [0.05, 0.1) is 22.9 Å². The standard InChI is InChI=1S/C24H28N4O3S/c1-16-14-17(2)21-20(15-16)32-24(26-21)28-12-10-27(11-13-28)9-8-25-22(29)18-4-6-19(7-5-18)23(30)31-3/h4-7,14-15H,8-13H2,1-3H3,(H,25,29). The summed E-state index contributed by atoms with van der Waals surface area (Å²) < 4.78 is 5.93. The highest BCUT2D eigenvalue weighted by molar-refractivity contribution is 7.22. The van der Waals surface area contributed by atoms with Crippen LogP contribution in [-0.2, 0) is 4.74 Å². The lowest BCUT2D eigenvalue weighted by atomic mass is 10.1. The van der Waals surface area contributed by atoms with Crippen molar-refractivity contribution in [2.45, 2.75) is 13.8 Å². The zero-order chi connectivity index (χ0) is 22.7. The van der Waals surface area contributed by atoms with Crippen molar-refractivity contribution < 1.29 is 14.3 Å². The SMILES string of the molecule is COC(=O)c1ccc(C(=O)NCCN2CCN(c3nc4c(C)cc(C)cc4s3)CC2)cc1. The van der Waals surface area contributed by atoms with E-state index in [2.05, 4.69) is 45.8 Å². The molecule has 0 bridgehead atoms. The fourth-order valence-corrected chi connectivity index (χ4v) is 5.16. The molecule has 0 saturated carbocycles. The van der Waals surface area contributed by atoms with Crippen molar-refractivity contribution in [3.63, 3.8) is 0 Å². The van der Waals surface area contributed by atoms with Crippen molar-refractivity contribution in [3.05, 3.63) is 58.7 Å². The quantitative estimate of drug-likeness (QED) is 0.579. The Morgan fingerprint density at radius 2 is 1.75 bits per heavy atom. The van der Waals surface area contributed by atoms with Crippen LogP contribution in [0.1, 0.15) is 31.8 Å². The highest BCUT2D eigenvalue weighted by Gasteiger charge is 2.20. The summed E-state index contributed by atoms with van der Waals surface area (Å²) in [5.41, 5.74) is 4.58. The molecule has 32 heavy (non-hydrogen) atoms. The monoisotopic (exact) mass is 452 g/mol. The highest BCUT2D eigenvalue weighted by atomic mass is 32.1. The third kappa shape index (κ3) is 4.92. The number of benzene rings is 2. The van der Waals surface area contributed by atoms with Gasteiger partial charge in [0.1, 0.15) is 0 Å². The normalized spacial score (nSPS) is 14.5. The summed E-state index contributed by atoms with van der Waals surface area (Å²) in [4.78, 5) is 33.4. The first-order valence-corrected chi connectivity index (χ1v) is 11.6. The van der Waals surface area contributed by atoms with Gasteiger partial charge in [-0.15, -0.1) is 0 Å². The van der Waals surface area contributed by atoms with E-state index >= 15 is 0 Å². The maximum atomic E-state index is 12.3. The average Bonchev–Trinajstić information content (AvgIpc) is 3.23. The summed E-state index contributed by atoms with van der Waals surface area (Å²) >= 11 is 1.77. The molecule has 0 radical (unpaired) electrons. The molecule has 8 heteroatoms. The number of esters is 1. The van der Waals surface area contributed by atoms with E-state index in [1.807, 2.05) is 0 Å². The number of amides is 1. The predicted molar refractivity (Wildman–Crippen MR) is 128 cm³/mol. The van der Waals surface area contributed by atoms with Crippen LogP contribution in [0.25, 0.3) is 10.2 Å². The first-order valence-electron chi connectivity index (χ1n) is 10.8. The molecule has 1 saturated heterocycles. The largest absolute Gasteiger partial charge is 0.465 e. The second-order valence-corrected chi connectivity index (χ2v) is 9.09. The maximum absolute atomic E-state index is 12.3. The molecule has 2 aromatic carbocycles. The summed E-state index contributed by atoms with van der Waals surface area (Å²) in [7, 11) is 1.34. The number of thiazole rings is 1. The fraction of sp³-hybridized carbons (Fsp3) is 0.375. The summed E-state index contributed by atoms with van der Waals surface area (Å²) in [6, 6.07) is 10.9. The number of methoxy groups -OCH3 is 1. The lowest BCUT2D eigenvalue weighted by Gasteiger charge is -2.34. The van der Waals surface area contributed by atoms with Gasteiger partial charge in [-0.05, 0) is 55.3 Å². The summed E-state index contributed by atoms with van der Waals surface area (Å²) in [6.45, 7) is 9.38. The van der Waals surface area contributed by atoms with Crippen LogP contribution in [0, 0.1) is 13.8 Å². The van der Waals surface area contributed by atoms with Crippen molar-refractivity contribution in [1.29, 1.82) is 0 Å². The lowest BCUT2D eigenvalue weighted by Crippen LogP contribution is -2.48. The number of piperazine rings is 1. The van der Waals surface area contributed by atoms with Gasteiger partial charge in [-0.2, -0.15) is 0 Å². The molecule has 1 amide bonds. The molecule has 2 heterocycles. The molecule has 168 valence electrons. The number of hydrogen-bond acceptors (Lipinski definition) is 7. The topological polar surface area (TPSA) is 74.8 Å². The van der Waals surface area contributed by atoms with Gasteiger partial charge in [-0.3, -0.25) is 9.69 Å². The van der Waals surface area contributed by atoms with Crippen LogP contribution in [0.2, 0.25) is 0 Å². The molecule has 7 nitrogen and oxygen atoms in total. The van der Waals surface area contributed by atoms with Crippen molar-refractivity contribution in [1.82, 2.24) is 15.2 Å². The third-order valence-corrected chi connectivity index (χ3v) is 6.81. The molecule has 3 aromatic rings. The molecule has 1 fully saturated rings. The number of aryl methyl sites for hydroxylation is 2. The van der Waals surface area contributed by atoms with Crippen molar-refractivity contribution in [2.24, 2.45) is 0 Å². The maximum Gasteiger partial charge on any atom is 0.337 e. The molecule has 4 rings (SSSR count). The van der Waals surface area contributed by atoms with Crippen LogP contribution in [0.15, 0.2) is 36.4 Å². The first kappa shape index (κ1) is 22.2. The van der Waals surface area contributed by atoms with Gasteiger partial charge in [-0.1, -0.05) is 17.4 Å². The van der Waals surface area contributed by atoms with Gasteiger partial charge in [-0.25, -0.2) is 9.78 Å². The first-order chi connectivity index (χ1) is 15.4. The summed E-state index contributed by atoms with van der Waals surface area (Å²) in [5, 5.41) is 4.05. The molecule has 1 N–H and O–H groups in total. The minimum atomic E-state index is -0.410. The van der Waals surface area contributed by atoms with Gasteiger partial charge in [0.2, 0.25) is 0 Å². The third-order valence-electron chi connectivity index (χ3n) is 5.74. The summed E-state index contributed by atoms with van der Waals surface area (Å²) in [6.07, 6.45) is 0. The van der Waals surface area contributed by atoms with Crippen LogP contribution >= 0.6 is 11.3 Å². The molecule has 0 aliphatic carbocycles. The second-order valence-electron chi connectivity index (χ2n) is 8.08. The number of carbonyl (C=O) groups excluding carboxylic acids is 2. The molecule has 1 aliphatic heterocycles. The van der Waals surface area contributed by atoms with E-state index in [0.29, 0.717) is 17.7 Å². The predicted octanol–water partition coefficient (Wildman–Crippen LogP) is 3.25. The molecular weight excluding hydrogens is 424 g/mol. The van der Waals surface area contributed by atoms with E-state index in [0.717, 1.165) is 43.4 Å². The van der Waals surface area contributed by atoms with Crippen LogP contribution in [0.3, 0.4) is 0 Å². The van der Waals surface area contributed by atoms with Crippen LogP contribution < -0.4 is 10.2 Å². The molecule has 0 atom stereocenters. The van der Waals surface area contributed by atoms with Crippen molar-refractivity contribution in [3.8, 4) is 0 Å².